The SMILES string of the molecule is CC(C)COC[C@H](O)CN(Cc1cccc(Cl)c1)C[C@@H]1CC(c2ccccc2Cl)=NO1. The zero-order valence-electron chi connectivity index (χ0n) is 18.0. The third-order valence-corrected chi connectivity index (χ3v) is 5.47. The van der Waals surface area contributed by atoms with Crippen molar-refractivity contribution in [3.63, 3.8) is 0 Å². The van der Waals surface area contributed by atoms with Crippen LogP contribution in [0, 0.1) is 5.92 Å². The maximum absolute atomic E-state index is 10.5. The maximum Gasteiger partial charge on any atom is 0.145 e. The molecule has 1 aliphatic rings. The molecule has 3 rings (SSSR count). The minimum atomic E-state index is -0.594. The van der Waals surface area contributed by atoms with E-state index in [0.717, 1.165) is 16.8 Å². The fraction of sp³-hybridized carbons (Fsp3) is 0.458. The van der Waals surface area contributed by atoms with Gasteiger partial charge in [0.15, 0.2) is 0 Å². The van der Waals surface area contributed by atoms with Crippen LogP contribution in [0.3, 0.4) is 0 Å². The van der Waals surface area contributed by atoms with Crippen molar-refractivity contribution in [1.29, 1.82) is 0 Å². The number of aliphatic hydroxyl groups is 1. The average Bonchev–Trinajstić information content (AvgIpc) is 3.16. The topological polar surface area (TPSA) is 54.3 Å². The van der Waals surface area contributed by atoms with E-state index in [0.29, 0.717) is 55.2 Å². The number of nitrogens with zero attached hydrogens (tertiary/aromatic N) is 2. The summed E-state index contributed by atoms with van der Waals surface area (Å²) in [5.41, 5.74) is 2.82. The van der Waals surface area contributed by atoms with Gasteiger partial charge in [-0.3, -0.25) is 4.90 Å². The van der Waals surface area contributed by atoms with Gasteiger partial charge < -0.3 is 14.7 Å². The highest BCUT2D eigenvalue weighted by Crippen LogP contribution is 2.24. The van der Waals surface area contributed by atoms with E-state index >= 15 is 0 Å². The lowest BCUT2D eigenvalue weighted by Crippen LogP contribution is -2.39. The van der Waals surface area contributed by atoms with Gasteiger partial charge in [-0.2, -0.15) is 0 Å². The zero-order chi connectivity index (χ0) is 22.2. The number of aliphatic hydroxyl groups excluding tert-OH is 1. The monoisotopic (exact) mass is 464 g/mol. The van der Waals surface area contributed by atoms with Gasteiger partial charge >= 0.3 is 0 Å². The average molecular weight is 465 g/mol. The number of oxime groups is 1. The van der Waals surface area contributed by atoms with E-state index in [1.54, 1.807) is 0 Å². The van der Waals surface area contributed by atoms with E-state index < -0.39 is 6.10 Å². The third-order valence-electron chi connectivity index (χ3n) is 4.91. The number of hydrogen-bond donors (Lipinski definition) is 1. The predicted octanol–water partition coefficient (Wildman–Crippen LogP) is 5.02. The lowest BCUT2D eigenvalue weighted by atomic mass is 10.0. The summed E-state index contributed by atoms with van der Waals surface area (Å²) >= 11 is 12.5. The van der Waals surface area contributed by atoms with E-state index in [4.69, 9.17) is 32.8 Å². The molecule has 2 aromatic rings. The molecule has 31 heavy (non-hydrogen) atoms. The van der Waals surface area contributed by atoms with E-state index in [1.807, 2.05) is 48.5 Å². The summed E-state index contributed by atoms with van der Waals surface area (Å²) in [6, 6.07) is 15.4. The maximum atomic E-state index is 10.5. The van der Waals surface area contributed by atoms with Crippen LogP contribution in [0.15, 0.2) is 53.7 Å². The highest BCUT2D eigenvalue weighted by Gasteiger charge is 2.26. The van der Waals surface area contributed by atoms with Gasteiger partial charge in [-0.25, -0.2) is 0 Å². The highest BCUT2D eigenvalue weighted by atomic mass is 35.5. The molecule has 0 amide bonds. The number of halogens is 2. The van der Waals surface area contributed by atoms with Crippen molar-refractivity contribution >= 4 is 28.9 Å². The van der Waals surface area contributed by atoms with Gasteiger partial charge in [0, 0.05) is 48.3 Å². The fourth-order valence-electron chi connectivity index (χ4n) is 3.56. The van der Waals surface area contributed by atoms with Crippen LogP contribution in [0.1, 0.15) is 31.4 Å². The first-order valence-corrected chi connectivity index (χ1v) is 11.4. The van der Waals surface area contributed by atoms with Crippen molar-refractivity contribution in [3.8, 4) is 0 Å². The van der Waals surface area contributed by atoms with Crippen LogP contribution in [0.2, 0.25) is 10.0 Å². The molecule has 0 radical (unpaired) electrons. The smallest absolute Gasteiger partial charge is 0.145 e. The Morgan fingerprint density at radius 1 is 1.16 bits per heavy atom. The molecule has 0 fully saturated rings. The Labute approximate surface area is 194 Å². The molecule has 0 aliphatic carbocycles. The molecule has 0 aromatic heterocycles. The molecule has 0 saturated carbocycles. The van der Waals surface area contributed by atoms with Crippen LogP contribution >= 0.6 is 23.2 Å². The molecule has 0 spiro atoms. The quantitative estimate of drug-likeness (QED) is 0.506. The normalized spacial score (nSPS) is 17.1. The van der Waals surface area contributed by atoms with Gasteiger partial charge in [0.05, 0.1) is 18.4 Å². The van der Waals surface area contributed by atoms with Crippen LogP contribution in [-0.2, 0) is 16.1 Å². The summed E-state index contributed by atoms with van der Waals surface area (Å²) in [5, 5.41) is 16.2. The first-order valence-electron chi connectivity index (χ1n) is 10.6. The van der Waals surface area contributed by atoms with Gasteiger partial charge in [0.1, 0.15) is 6.10 Å². The summed E-state index contributed by atoms with van der Waals surface area (Å²) in [7, 11) is 0. The molecule has 7 heteroatoms. The standard InChI is InChI=1S/C24H30Cl2N2O3/c1-17(2)15-30-16-20(29)13-28(12-18-6-5-7-19(25)10-18)14-21-11-24(27-31-21)22-8-3-4-9-23(22)26/h3-10,17,20-21,29H,11-16H2,1-2H3/t20-,21+/m1/s1. The van der Waals surface area contributed by atoms with Gasteiger partial charge in [0.25, 0.3) is 0 Å². The van der Waals surface area contributed by atoms with Crippen molar-refractivity contribution in [2.75, 3.05) is 26.3 Å². The number of hydrogen-bond acceptors (Lipinski definition) is 5. The van der Waals surface area contributed by atoms with Crippen molar-refractivity contribution < 1.29 is 14.7 Å². The zero-order valence-corrected chi connectivity index (χ0v) is 19.5. The second-order valence-electron chi connectivity index (χ2n) is 8.36. The number of benzene rings is 2. The number of rotatable bonds is 11. The van der Waals surface area contributed by atoms with E-state index in [9.17, 15) is 5.11 Å². The van der Waals surface area contributed by atoms with Crippen LogP contribution < -0.4 is 0 Å². The predicted molar refractivity (Wildman–Crippen MR) is 126 cm³/mol. The summed E-state index contributed by atoms with van der Waals surface area (Å²) in [4.78, 5) is 7.87. The largest absolute Gasteiger partial charge is 0.390 e. The lowest BCUT2D eigenvalue weighted by Gasteiger charge is -2.27. The van der Waals surface area contributed by atoms with Gasteiger partial charge in [-0.1, -0.05) is 72.5 Å². The van der Waals surface area contributed by atoms with Crippen molar-refractivity contribution in [2.45, 2.75) is 39.0 Å². The Bertz CT molecular complexity index is 875. The lowest BCUT2D eigenvalue weighted by molar-refractivity contribution is -0.00734. The van der Waals surface area contributed by atoms with Gasteiger partial charge in [0.2, 0.25) is 0 Å². The molecule has 1 aliphatic heterocycles. The van der Waals surface area contributed by atoms with Gasteiger partial charge in [-0.05, 0) is 29.7 Å². The molecular weight excluding hydrogens is 435 g/mol. The Kier molecular flexibility index (Phi) is 9.17. The molecule has 2 atom stereocenters. The molecule has 2 aromatic carbocycles. The molecular formula is C24H30Cl2N2O3. The van der Waals surface area contributed by atoms with E-state index in [1.165, 1.54) is 0 Å². The summed E-state index contributed by atoms with van der Waals surface area (Å²) in [6.45, 7) is 6.83. The Balaban J connectivity index is 1.61. The molecule has 0 unspecified atom stereocenters. The molecule has 0 saturated heterocycles. The molecule has 5 nitrogen and oxygen atoms in total. The van der Waals surface area contributed by atoms with Crippen molar-refractivity contribution in [3.05, 3.63) is 69.7 Å². The first-order chi connectivity index (χ1) is 14.9. The minimum absolute atomic E-state index is 0.116. The van der Waals surface area contributed by atoms with Crippen molar-refractivity contribution in [1.82, 2.24) is 4.90 Å². The minimum Gasteiger partial charge on any atom is -0.390 e. The Morgan fingerprint density at radius 2 is 1.97 bits per heavy atom. The second-order valence-corrected chi connectivity index (χ2v) is 9.20. The van der Waals surface area contributed by atoms with Crippen LogP contribution in [0.25, 0.3) is 0 Å². The van der Waals surface area contributed by atoms with E-state index in [-0.39, 0.29) is 6.10 Å². The second kappa shape index (κ2) is 11.8. The Hall–Kier alpha value is -1.63. The van der Waals surface area contributed by atoms with Gasteiger partial charge in [-0.15, -0.1) is 0 Å². The molecule has 168 valence electrons. The molecule has 1 N–H and O–H groups in total. The van der Waals surface area contributed by atoms with E-state index in [2.05, 4.69) is 23.9 Å². The first kappa shape index (κ1) is 24.0. The summed E-state index contributed by atoms with van der Waals surface area (Å²) in [6.07, 6.45) is -0.0482. The van der Waals surface area contributed by atoms with Crippen LogP contribution in [0.4, 0.5) is 0 Å². The molecule has 0 bridgehead atoms. The molecule has 1 heterocycles. The third kappa shape index (κ3) is 7.78. The summed E-state index contributed by atoms with van der Waals surface area (Å²) in [5.74, 6) is 0.432. The van der Waals surface area contributed by atoms with Crippen LogP contribution in [-0.4, -0.2) is 54.2 Å². The Morgan fingerprint density at radius 3 is 2.71 bits per heavy atom. The fourth-order valence-corrected chi connectivity index (χ4v) is 4.01. The summed E-state index contributed by atoms with van der Waals surface area (Å²) < 4.78 is 5.62. The van der Waals surface area contributed by atoms with Crippen LogP contribution in [0.5, 0.6) is 0 Å². The van der Waals surface area contributed by atoms with Crippen molar-refractivity contribution in [2.24, 2.45) is 11.1 Å². The number of ether oxygens (including phenoxy) is 1. The highest BCUT2D eigenvalue weighted by molar-refractivity contribution is 6.34.